The molecule has 1 unspecified atom stereocenters. The first-order chi connectivity index (χ1) is 8.20. The van der Waals surface area contributed by atoms with E-state index in [0.717, 1.165) is 6.42 Å². The molecule has 92 valence electrons. The van der Waals surface area contributed by atoms with Crippen molar-refractivity contribution in [3.63, 3.8) is 0 Å². The first kappa shape index (κ1) is 11.7. The van der Waals surface area contributed by atoms with Crippen LogP contribution in [0.2, 0.25) is 0 Å². The second-order valence-electron chi connectivity index (χ2n) is 3.99. The average Bonchev–Trinajstić information content (AvgIpc) is 2.82. The molecule has 0 aromatic heterocycles. The molecule has 1 aliphatic heterocycles. The predicted octanol–water partition coefficient (Wildman–Crippen LogP) is 0.796. The van der Waals surface area contributed by atoms with Crippen molar-refractivity contribution in [3.8, 4) is 5.75 Å². The van der Waals surface area contributed by atoms with Crippen LogP contribution in [0.25, 0.3) is 0 Å². The van der Waals surface area contributed by atoms with Gasteiger partial charge in [-0.25, -0.2) is 0 Å². The lowest BCUT2D eigenvalue weighted by molar-refractivity contribution is 0.0929. The number of benzene rings is 1. The van der Waals surface area contributed by atoms with Crippen molar-refractivity contribution < 1.29 is 14.3 Å². The molecule has 3 N–H and O–H groups in total. The number of nitrogen functional groups attached to an aromatic ring is 1. The molecule has 1 aromatic carbocycles. The quantitative estimate of drug-likeness (QED) is 0.761. The summed E-state index contributed by atoms with van der Waals surface area (Å²) in [4.78, 5) is 11.9. The molecule has 5 nitrogen and oxygen atoms in total. The lowest BCUT2D eigenvalue weighted by atomic mass is 10.1. The smallest absolute Gasteiger partial charge is 0.251 e. The number of carbonyl (C=O) groups is 1. The monoisotopic (exact) mass is 236 g/mol. The highest BCUT2D eigenvalue weighted by molar-refractivity contribution is 5.95. The Morgan fingerprint density at radius 2 is 2.41 bits per heavy atom. The first-order valence-corrected chi connectivity index (χ1v) is 5.53. The molecular formula is C12H16N2O3. The van der Waals surface area contributed by atoms with E-state index in [1.165, 1.54) is 7.11 Å². The van der Waals surface area contributed by atoms with Crippen LogP contribution in [0.4, 0.5) is 5.69 Å². The van der Waals surface area contributed by atoms with Gasteiger partial charge in [0.1, 0.15) is 5.75 Å². The highest BCUT2D eigenvalue weighted by atomic mass is 16.5. The topological polar surface area (TPSA) is 73.6 Å². The third-order valence-corrected chi connectivity index (χ3v) is 2.76. The van der Waals surface area contributed by atoms with E-state index in [9.17, 15) is 4.79 Å². The van der Waals surface area contributed by atoms with E-state index in [1.807, 2.05) is 0 Å². The minimum absolute atomic E-state index is 0.103. The standard InChI is InChI=1S/C12H16N2O3/c1-16-11-6-8(2-3-10(11)13)12(15)14-9-4-5-17-7-9/h2-3,6,9H,4-5,7,13H2,1H3,(H,14,15). The molecule has 1 aromatic rings. The van der Waals surface area contributed by atoms with Crippen LogP contribution in [0.15, 0.2) is 18.2 Å². The Balaban J connectivity index is 2.07. The first-order valence-electron chi connectivity index (χ1n) is 5.53. The molecule has 0 aliphatic carbocycles. The van der Waals surface area contributed by atoms with Crippen molar-refractivity contribution in [1.82, 2.24) is 5.32 Å². The van der Waals surface area contributed by atoms with Crippen molar-refractivity contribution in [1.29, 1.82) is 0 Å². The van der Waals surface area contributed by atoms with Crippen LogP contribution in [0, 0.1) is 0 Å². The summed E-state index contributed by atoms with van der Waals surface area (Å²) in [5, 5.41) is 2.91. The van der Waals surface area contributed by atoms with Crippen LogP contribution < -0.4 is 15.8 Å². The molecule has 2 rings (SSSR count). The normalized spacial score (nSPS) is 19.0. The summed E-state index contributed by atoms with van der Waals surface area (Å²) in [6.45, 7) is 1.29. The Bertz CT molecular complexity index is 414. The summed E-state index contributed by atoms with van der Waals surface area (Å²) in [6.07, 6.45) is 0.859. The Morgan fingerprint density at radius 3 is 3.06 bits per heavy atom. The van der Waals surface area contributed by atoms with Crippen molar-refractivity contribution in [2.45, 2.75) is 12.5 Å². The number of carbonyl (C=O) groups excluding carboxylic acids is 1. The van der Waals surface area contributed by atoms with Crippen molar-refractivity contribution >= 4 is 11.6 Å². The van der Waals surface area contributed by atoms with Crippen LogP contribution in [-0.2, 0) is 4.74 Å². The number of methoxy groups -OCH3 is 1. The van der Waals surface area contributed by atoms with Crippen molar-refractivity contribution in [2.24, 2.45) is 0 Å². The van der Waals surface area contributed by atoms with Gasteiger partial charge in [-0.2, -0.15) is 0 Å². The zero-order valence-electron chi connectivity index (χ0n) is 9.73. The number of hydrogen-bond donors (Lipinski definition) is 2. The molecule has 1 aliphatic rings. The lowest BCUT2D eigenvalue weighted by Gasteiger charge is -2.12. The van der Waals surface area contributed by atoms with Gasteiger partial charge in [-0.05, 0) is 24.6 Å². The summed E-state index contributed by atoms with van der Waals surface area (Å²) < 4.78 is 10.3. The minimum atomic E-state index is -0.126. The van der Waals surface area contributed by atoms with E-state index in [0.29, 0.717) is 30.2 Å². The van der Waals surface area contributed by atoms with Crippen LogP contribution in [0.3, 0.4) is 0 Å². The van der Waals surface area contributed by atoms with E-state index < -0.39 is 0 Å². The van der Waals surface area contributed by atoms with Gasteiger partial charge in [0.25, 0.3) is 5.91 Å². The number of nitrogens with one attached hydrogen (secondary N) is 1. The molecule has 0 bridgehead atoms. The number of nitrogens with two attached hydrogens (primary N) is 1. The Kier molecular flexibility index (Phi) is 3.49. The van der Waals surface area contributed by atoms with Crippen molar-refractivity contribution in [2.75, 3.05) is 26.1 Å². The molecule has 1 heterocycles. The molecule has 5 heteroatoms. The second kappa shape index (κ2) is 5.05. The fourth-order valence-corrected chi connectivity index (χ4v) is 1.77. The number of hydrogen-bond acceptors (Lipinski definition) is 4. The van der Waals surface area contributed by atoms with Crippen LogP contribution in [-0.4, -0.2) is 32.3 Å². The van der Waals surface area contributed by atoms with E-state index in [-0.39, 0.29) is 11.9 Å². The molecule has 1 amide bonds. The maximum atomic E-state index is 11.9. The molecular weight excluding hydrogens is 220 g/mol. The largest absolute Gasteiger partial charge is 0.495 e. The maximum absolute atomic E-state index is 11.9. The number of amides is 1. The predicted molar refractivity (Wildman–Crippen MR) is 64.1 cm³/mol. The van der Waals surface area contributed by atoms with E-state index >= 15 is 0 Å². The Morgan fingerprint density at radius 1 is 1.59 bits per heavy atom. The summed E-state index contributed by atoms with van der Waals surface area (Å²) in [5.74, 6) is 0.388. The van der Waals surface area contributed by atoms with E-state index in [1.54, 1.807) is 18.2 Å². The van der Waals surface area contributed by atoms with Gasteiger partial charge in [0, 0.05) is 12.2 Å². The highest BCUT2D eigenvalue weighted by Crippen LogP contribution is 2.22. The summed E-state index contributed by atoms with van der Waals surface area (Å²) in [7, 11) is 1.53. The van der Waals surface area contributed by atoms with Gasteiger partial charge in [-0.15, -0.1) is 0 Å². The fraction of sp³-hybridized carbons (Fsp3) is 0.417. The molecule has 0 radical (unpaired) electrons. The molecule has 0 spiro atoms. The van der Waals surface area contributed by atoms with Gasteiger partial charge in [-0.3, -0.25) is 4.79 Å². The molecule has 1 atom stereocenters. The zero-order chi connectivity index (χ0) is 12.3. The van der Waals surface area contributed by atoms with Gasteiger partial charge < -0.3 is 20.5 Å². The van der Waals surface area contributed by atoms with Crippen molar-refractivity contribution in [3.05, 3.63) is 23.8 Å². The number of anilines is 1. The SMILES string of the molecule is COc1cc(C(=O)NC2CCOC2)ccc1N. The molecule has 1 saturated heterocycles. The molecule has 17 heavy (non-hydrogen) atoms. The van der Waals surface area contributed by atoms with Crippen LogP contribution >= 0.6 is 0 Å². The van der Waals surface area contributed by atoms with Gasteiger partial charge in [0.2, 0.25) is 0 Å². The van der Waals surface area contributed by atoms with E-state index in [4.69, 9.17) is 15.2 Å². The maximum Gasteiger partial charge on any atom is 0.251 e. The number of ether oxygens (including phenoxy) is 2. The average molecular weight is 236 g/mol. The van der Waals surface area contributed by atoms with Crippen LogP contribution in [0.1, 0.15) is 16.8 Å². The number of rotatable bonds is 3. The summed E-state index contributed by atoms with van der Waals surface area (Å²) >= 11 is 0. The van der Waals surface area contributed by atoms with Crippen LogP contribution in [0.5, 0.6) is 5.75 Å². The van der Waals surface area contributed by atoms with Gasteiger partial charge in [0.05, 0.1) is 25.4 Å². The molecule has 0 saturated carbocycles. The zero-order valence-corrected chi connectivity index (χ0v) is 9.73. The highest BCUT2D eigenvalue weighted by Gasteiger charge is 2.19. The van der Waals surface area contributed by atoms with E-state index in [2.05, 4.69) is 5.32 Å². The lowest BCUT2D eigenvalue weighted by Crippen LogP contribution is -2.34. The third kappa shape index (κ3) is 2.68. The third-order valence-electron chi connectivity index (χ3n) is 2.76. The Hall–Kier alpha value is -1.75. The van der Waals surface area contributed by atoms with Gasteiger partial charge in [-0.1, -0.05) is 0 Å². The summed E-state index contributed by atoms with van der Waals surface area (Å²) in [5.41, 5.74) is 6.75. The second-order valence-corrected chi connectivity index (χ2v) is 3.99. The minimum Gasteiger partial charge on any atom is -0.495 e. The van der Waals surface area contributed by atoms with Gasteiger partial charge in [0.15, 0.2) is 0 Å². The molecule has 1 fully saturated rings. The summed E-state index contributed by atoms with van der Waals surface area (Å²) in [6, 6.07) is 5.09. The Labute approximate surface area is 99.9 Å². The fourth-order valence-electron chi connectivity index (χ4n) is 1.77. The van der Waals surface area contributed by atoms with Gasteiger partial charge >= 0.3 is 0 Å².